The van der Waals surface area contributed by atoms with Crippen LogP contribution in [0.5, 0.6) is 0 Å². The van der Waals surface area contributed by atoms with E-state index < -0.39 is 11.7 Å². The quantitative estimate of drug-likeness (QED) is 0.530. The number of imidazole rings is 1. The third-order valence-corrected chi connectivity index (χ3v) is 3.81. The molecule has 0 radical (unpaired) electrons. The molecule has 1 aliphatic carbocycles. The summed E-state index contributed by atoms with van der Waals surface area (Å²) in [6.45, 7) is 3.70. The van der Waals surface area contributed by atoms with Crippen molar-refractivity contribution in [3.8, 4) is 0 Å². The van der Waals surface area contributed by atoms with Gasteiger partial charge in [0.15, 0.2) is 11.2 Å². The molecular weight excluding hydrogens is 262 g/mol. The van der Waals surface area contributed by atoms with Crippen LogP contribution in [0.1, 0.15) is 12.5 Å². The van der Waals surface area contributed by atoms with E-state index in [9.17, 15) is 15.0 Å². The van der Waals surface area contributed by atoms with Crippen molar-refractivity contribution in [1.82, 2.24) is 19.5 Å². The third-order valence-electron chi connectivity index (χ3n) is 3.81. The topological polar surface area (TPSA) is 130 Å². The summed E-state index contributed by atoms with van der Waals surface area (Å²) < 4.78 is 1.62. The molecular formula is C12H15N5O3. The molecule has 0 saturated heterocycles. The monoisotopic (exact) mass is 277 g/mol. The van der Waals surface area contributed by atoms with E-state index in [0.29, 0.717) is 12.1 Å². The normalized spacial score (nSPS) is 26.5. The molecule has 3 rings (SSSR count). The number of rotatable bonds is 2. The molecule has 2 heterocycles. The summed E-state index contributed by atoms with van der Waals surface area (Å²) in [6.07, 6.45) is 1.15. The summed E-state index contributed by atoms with van der Waals surface area (Å²) in [4.78, 5) is 22.2. The highest BCUT2D eigenvalue weighted by Crippen LogP contribution is 2.39. The Morgan fingerprint density at radius 1 is 1.60 bits per heavy atom. The number of nitrogens with zero attached hydrogens (tertiary/aromatic N) is 3. The minimum Gasteiger partial charge on any atom is -0.396 e. The van der Waals surface area contributed by atoms with Gasteiger partial charge in [-0.05, 0) is 6.42 Å². The van der Waals surface area contributed by atoms with Gasteiger partial charge in [-0.2, -0.15) is 4.98 Å². The molecule has 8 nitrogen and oxygen atoms in total. The summed E-state index contributed by atoms with van der Waals surface area (Å²) in [7, 11) is 0. The molecule has 3 atom stereocenters. The van der Waals surface area contributed by atoms with E-state index in [2.05, 4.69) is 21.5 Å². The van der Waals surface area contributed by atoms with E-state index in [1.165, 1.54) is 6.33 Å². The van der Waals surface area contributed by atoms with Crippen LogP contribution in [-0.2, 0) is 0 Å². The van der Waals surface area contributed by atoms with Crippen LogP contribution in [0.4, 0.5) is 5.95 Å². The lowest BCUT2D eigenvalue weighted by molar-refractivity contribution is 0.0728. The number of aliphatic hydroxyl groups excluding tert-OH is 2. The molecule has 106 valence electrons. The van der Waals surface area contributed by atoms with Gasteiger partial charge < -0.3 is 20.5 Å². The van der Waals surface area contributed by atoms with Crippen molar-refractivity contribution >= 4 is 17.1 Å². The zero-order valence-corrected chi connectivity index (χ0v) is 10.7. The first-order valence-corrected chi connectivity index (χ1v) is 6.22. The Labute approximate surface area is 113 Å². The molecule has 2 aromatic rings. The van der Waals surface area contributed by atoms with E-state index in [4.69, 9.17) is 5.73 Å². The Morgan fingerprint density at radius 2 is 2.35 bits per heavy atom. The SMILES string of the molecule is C=C1CC(n2cnc3c(=O)[nH]c(N)nc32)C(O)C1CO. The van der Waals surface area contributed by atoms with E-state index in [1.807, 2.05) is 0 Å². The summed E-state index contributed by atoms with van der Waals surface area (Å²) >= 11 is 0. The van der Waals surface area contributed by atoms with Crippen molar-refractivity contribution in [2.75, 3.05) is 12.3 Å². The molecule has 0 bridgehead atoms. The van der Waals surface area contributed by atoms with E-state index >= 15 is 0 Å². The van der Waals surface area contributed by atoms with Gasteiger partial charge in [0, 0.05) is 5.92 Å². The first-order chi connectivity index (χ1) is 9.52. The Morgan fingerprint density at radius 3 is 3.00 bits per heavy atom. The number of nitrogens with one attached hydrogen (secondary N) is 1. The molecule has 2 aromatic heterocycles. The lowest BCUT2D eigenvalue weighted by atomic mass is 10.0. The smallest absolute Gasteiger partial charge is 0.280 e. The van der Waals surface area contributed by atoms with Crippen LogP contribution in [0, 0.1) is 5.92 Å². The molecule has 1 aliphatic rings. The fraction of sp³-hybridized carbons (Fsp3) is 0.417. The fourth-order valence-corrected chi connectivity index (χ4v) is 2.74. The predicted octanol–water partition coefficient (Wildman–Crippen LogP) is -0.828. The maximum absolute atomic E-state index is 11.7. The number of nitrogen functional groups attached to an aromatic ring is 1. The molecule has 5 N–H and O–H groups in total. The number of anilines is 1. The van der Waals surface area contributed by atoms with Gasteiger partial charge in [-0.15, -0.1) is 0 Å². The van der Waals surface area contributed by atoms with Crippen molar-refractivity contribution in [3.05, 3.63) is 28.8 Å². The Kier molecular flexibility index (Phi) is 2.84. The van der Waals surface area contributed by atoms with Crippen molar-refractivity contribution in [3.63, 3.8) is 0 Å². The number of aromatic nitrogens is 4. The van der Waals surface area contributed by atoms with Crippen LogP contribution in [0.15, 0.2) is 23.3 Å². The first kappa shape index (κ1) is 12.8. The molecule has 0 amide bonds. The average Bonchev–Trinajstić information content (AvgIpc) is 2.91. The summed E-state index contributed by atoms with van der Waals surface area (Å²) in [6, 6.07) is -0.363. The molecule has 3 unspecified atom stereocenters. The van der Waals surface area contributed by atoms with Crippen molar-refractivity contribution in [1.29, 1.82) is 0 Å². The largest absolute Gasteiger partial charge is 0.396 e. The number of fused-ring (bicyclic) bond motifs is 1. The number of H-pyrrole nitrogens is 1. The van der Waals surface area contributed by atoms with Crippen LogP contribution < -0.4 is 11.3 Å². The van der Waals surface area contributed by atoms with Gasteiger partial charge in [-0.25, -0.2) is 4.98 Å². The molecule has 8 heteroatoms. The maximum Gasteiger partial charge on any atom is 0.280 e. The standard InChI is InChI=1S/C12H15N5O3/c1-5-2-7(9(19)6(5)3-18)17-4-14-8-10(17)15-12(13)16-11(8)20/h4,6-7,9,18-19H,1-3H2,(H3,13,15,16,20). The van der Waals surface area contributed by atoms with E-state index in [0.717, 1.165) is 5.57 Å². The van der Waals surface area contributed by atoms with Gasteiger partial charge in [0.2, 0.25) is 5.95 Å². The minimum absolute atomic E-state index is 0.00530. The van der Waals surface area contributed by atoms with Crippen LogP contribution in [-0.4, -0.2) is 42.4 Å². The Bertz CT molecular complexity index is 734. The lowest BCUT2D eigenvalue weighted by Crippen LogP contribution is -2.26. The molecule has 0 aliphatic heterocycles. The zero-order chi connectivity index (χ0) is 14.4. The summed E-state index contributed by atoms with van der Waals surface area (Å²) in [5, 5.41) is 19.6. The molecule has 1 fully saturated rings. The molecule has 1 saturated carbocycles. The molecule has 0 spiro atoms. The van der Waals surface area contributed by atoms with Gasteiger partial charge in [0.25, 0.3) is 5.56 Å². The van der Waals surface area contributed by atoms with Crippen molar-refractivity contribution in [2.24, 2.45) is 5.92 Å². The number of hydrogen-bond donors (Lipinski definition) is 4. The van der Waals surface area contributed by atoms with Gasteiger partial charge in [0.1, 0.15) is 0 Å². The number of nitrogens with two attached hydrogens (primary N) is 1. The maximum atomic E-state index is 11.7. The second-order valence-corrected chi connectivity index (χ2v) is 4.98. The van der Waals surface area contributed by atoms with Gasteiger partial charge >= 0.3 is 0 Å². The van der Waals surface area contributed by atoms with E-state index in [-0.39, 0.29) is 30.0 Å². The summed E-state index contributed by atoms with van der Waals surface area (Å²) in [5.74, 6) is -0.383. The molecule has 0 aromatic carbocycles. The van der Waals surface area contributed by atoms with Crippen molar-refractivity contribution in [2.45, 2.75) is 18.6 Å². The van der Waals surface area contributed by atoms with Gasteiger partial charge in [-0.1, -0.05) is 12.2 Å². The highest BCUT2D eigenvalue weighted by molar-refractivity contribution is 5.70. The summed E-state index contributed by atoms with van der Waals surface area (Å²) in [5.41, 5.74) is 6.38. The second-order valence-electron chi connectivity index (χ2n) is 4.98. The average molecular weight is 277 g/mol. The van der Waals surface area contributed by atoms with Gasteiger partial charge in [-0.3, -0.25) is 9.78 Å². The van der Waals surface area contributed by atoms with Gasteiger partial charge in [0.05, 0.1) is 25.1 Å². The minimum atomic E-state index is -0.799. The van der Waals surface area contributed by atoms with Crippen LogP contribution >= 0.6 is 0 Å². The zero-order valence-electron chi connectivity index (χ0n) is 10.7. The fourth-order valence-electron chi connectivity index (χ4n) is 2.74. The van der Waals surface area contributed by atoms with E-state index in [1.54, 1.807) is 4.57 Å². The number of aromatic amines is 1. The first-order valence-electron chi connectivity index (χ1n) is 6.22. The lowest BCUT2D eigenvalue weighted by Gasteiger charge is -2.19. The highest BCUT2D eigenvalue weighted by atomic mass is 16.3. The Balaban J connectivity index is 2.12. The molecule has 20 heavy (non-hydrogen) atoms. The second kappa shape index (κ2) is 4.43. The number of aliphatic hydroxyl groups is 2. The predicted molar refractivity (Wildman–Crippen MR) is 71.9 cm³/mol. The van der Waals surface area contributed by atoms with Crippen LogP contribution in [0.25, 0.3) is 11.2 Å². The number of hydrogen-bond acceptors (Lipinski definition) is 6. The third kappa shape index (κ3) is 1.73. The van der Waals surface area contributed by atoms with Crippen molar-refractivity contribution < 1.29 is 10.2 Å². The Hall–Kier alpha value is -2.19. The highest BCUT2D eigenvalue weighted by Gasteiger charge is 2.39. The van der Waals surface area contributed by atoms with Crippen LogP contribution in [0.2, 0.25) is 0 Å². The van der Waals surface area contributed by atoms with Crippen LogP contribution in [0.3, 0.4) is 0 Å².